The van der Waals surface area contributed by atoms with Crippen molar-refractivity contribution >= 4 is 24.3 Å². The van der Waals surface area contributed by atoms with E-state index in [0.29, 0.717) is 19.6 Å². The molecule has 0 spiro atoms. The predicted molar refractivity (Wildman–Crippen MR) is 86.5 cm³/mol. The van der Waals surface area contributed by atoms with E-state index in [2.05, 4.69) is 10.6 Å². The van der Waals surface area contributed by atoms with Crippen LogP contribution in [0.3, 0.4) is 0 Å². The van der Waals surface area contributed by atoms with Gasteiger partial charge in [-0.15, -0.1) is 12.4 Å². The number of rotatable bonds is 10. The van der Waals surface area contributed by atoms with E-state index in [0.717, 1.165) is 12.2 Å². The lowest BCUT2D eigenvalue weighted by Crippen LogP contribution is -2.43. The summed E-state index contributed by atoms with van der Waals surface area (Å²) in [5.74, 6) is -0.426. The van der Waals surface area contributed by atoms with Gasteiger partial charge in [0.1, 0.15) is 18.4 Å². The Kier molecular flexibility index (Phi) is 10.9. The Bertz CT molecular complexity index is 442. The summed E-state index contributed by atoms with van der Waals surface area (Å²) in [4.78, 5) is 22.5. The van der Waals surface area contributed by atoms with Crippen LogP contribution in [-0.4, -0.2) is 42.7 Å². The molecule has 0 heterocycles. The van der Waals surface area contributed by atoms with Crippen LogP contribution in [0.1, 0.15) is 19.8 Å². The molecule has 124 valence electrons. The molecule has 0 bridgehead atoms. The van der Waals surface area contributed by atoms with Crippen LogP contribution in [-0.2, 0) is 9.59 Å². The Morgan fingerprint density at radius 3 is 2.55 bits per heavy atom. The maximum Gasteiger partial charge on any atom is 0.320 e. The molecule has 0 fully saturated rings. The summed E-state index contributed by atoms with van der Waals surface area (Å²) in [7, 11) is 0. The molecule has 1 rings (SSSR count). The first-order chi connectivity index (χ1) is 10.1. The highest BCUT2D eigenvalue weighted by molar-refractivity contribution is 5.85. The first kappa shape index (κ1) is 20.2. The van der Waals surface area contributed by atoms with Crippen LogP contribution >= 0.6 is 12.4 Å². The van der Waals surface area contributed by atoms with Gasteiger partial charge in [-0.25, -0.2) is 0 Å². The van der Waals surface area contributed by atoms with Crippen molar-refractivity contribution in [1.29, 1.82) is 0 Å². The third-order valence-electron chi connectivity index (χ3n) is 2.82. The highest BCUT2D eigenvalue weighted by Gasteiger charge is 2.16. The summed E-state index contributed by atoms with van der Waals surface area (Å²) in [6.07, 6.45) is 1.25. The first-order valence-electron chi connectivity index (χ1n) is 7.04. The number of halogens is 1. The number of carboxylic acid groups (broad SMARTS) is 1. The first-order valence-corrected chi connectivity index (χ1v) is 7.04. The number of nitrogens with one attached hydrogen (secondary N) is 2. The molecule has 1 aromatic carbocycles. The lowest BCUT2D eigenvalue weighted by atomic mass is 10.2. The summed E-state index contributed by atoms with van der Waals surface area (Å²) >= 11 is 0. The van der Waals surface area contributed by atoms with Crippen LogP contribution < -0.4 is 15.4 Å². The van der Waals surface area contributed by atoms with Gasteiger partial charge in [0.05, 0.1) is 13.1 Å². The minimum Gasteiger partial charge on any atom is -0.492 e. The number of ether oxygens (including phenoxy) is 1. The van der Waals surface area contributed by atoms with Crippen molar-refractivity contribution < 1.29 is 19.4 Å². The largest absolute Gasteiger partial charge is 0.492 e. The van der Waals surface area contributed by atoms with E-state index < -0.39 is 12.0 Å². The molecule has 0 saturated heterocycles. The Morgan fingerprint density at radius 1 is 1.27 bits per heavy atom. The summed E-state index contributed by atoms with van der Waals surface area (Å²) in [5, 5.41) is 14.3. The minimum absolute atomic E-state index is 0. The van der Waals surface area contributed by atoms with Gasteiger partial charge in [-0.2, -0.15) is 0 Å². The summed E-state index contributed by atoms with van der Waals surface area (Å²) in [6, 6.07) is 8.64. The number of carbonyl (C=O) groups is 2. The second kappa shape index (κ2) is 11.8. The van der Waals surface area contributed by atoms with Gasteiger partial charge in [0, 0.05) is 0 Å². The van der Waals surface area contributed by atoms with Crippen LogP contribution in [0.4, 0.5) is 0 Å². The Balaban J connectivity index is 0.00000441. The average Bonchev–Trinajstić information content (AvgIpc) is 2.48. The van der Waals surface area contributed by atoms with Gasteiger partial charge in [-0.05, 0) is 18.6 Å². The molecule has 6 nitrogen and oxygen atoms in total. The van der Waals surface area contributed by atoms with Crippen LogP contribution in [0, 0.1) is 0 Å². The topological polar surface area (TPSA) is 87.7 Å². The second-order valence-corrected chi connectivity index (χ2v) is 4.57. The van der Waals surface area contributed by atoms with Crippen LogP contribution in [0.15, 0.2) is 30.3 Å². The van der Waals surface area contributed by atoms with E-state index in [4.69, 9.17) is 9.84 Å². The molecule has 1 unspecified atom stereocenters. The molecule has 1 amide bonds. The zero-order chi connectivity index (χ0) is 15.5. The van der Waals surface area contributed by atoms with Crippen molar-refractivity contribution in [2.24, 2.45) is 0 Å². The Labute approximate surface area is 136 Å². The number of hydrogen-bond acceptors (Lipinski definition) is 4. The van der Waals surface area contributed by atoms with Gasteiger partial charge >= 0.3 is 5.97 Å². The van der Waals surface area contributed by atoms with Gasteiger partial charge in [0.2, 0.25) is 5.91 Å². The molecule has 0 aromatic heterocycles. The molecule has 7 heteroatoms. The van der Waals surface area contributed by atoms with Gasteiger partial charge < -0.3 is 15.2 Å². The number of carboxylic acids is 1. The second-order valence-electron chi connectivity index (χ2n) is 4.57. The maximum atomic E-state index is 11.6. The monoisotopic (exact) mass is 330 g/mol. The van der Waals surface area contributed by atoms with Crippen molar-refractivity contribution in [2.45, 2.75) is 25.8 Å². The summed E-state index contributed by atoms with van der Waals surface area (Å²) < 4.78 is 5.43. The fourth-order valence-corrected chi connectivity index (χ4v) is 1.76. The molecule has 0 aliphatic heterocycles. The number of carbonyl (C=O) groups excluding carboxylic acids is 1. The van der Waals surface area contributed by atoms with Gasteiger partial charge in [-0.3, -0.25) is 14.9 Å². The minimum atomic E-state index is -0.933. The van der Waals surface area contributed by atoms with Crippen LogP contribution in [0.2, 0.25) is 0 Å². The molecule has 1 atom stereocenters. The third-order valence-corrected chi connectivity index (χ3v) is 2.82. The quantitative estimate of drug-likeness (QED) is 0.565. The smallest absolute Gasteiger partial charge is 0.320 e. The van der Waals surface area contributed by atoms with E-state index in [9.17, 15) is 9.59 Å². The van der Waals surface area contributed by atoms with E-state index in [1.165, 1.54) is 0 Å². The fourth-order valence-electron chi connectivity index (χ4n) is 1.76. The van der Waals surface area contributed by atoms with Crippen LogP contribution in [0.5, 0.6) is 5.75 Å². The molecule has 0 aliphatic carbocycles. The lowest BCUT2D eigenvalue weighted by Gasteiger charge is -2.13. The average molecular weight is 331 g/mol. The normalized spacial score (nSPS) is 11.1. The molecule has 3 N–H and O–H groups in total. The van der Waals surface area contributed by atoms with Crippen molar-refractivity contribution in [3.8, 4) is 5.75 Å². The van der Waals surface area contributed by atoms with Crippen molar-refractivity contribution in [3.63, 3.8) is 0 Å². The molecule has 22 heavy (non-hydrogen) atoms. The highest BCUT2D eigenvalue weighted by Crippen LogP contribution is 2.07. The summed E-state index contributed by atoms with van der Waals surface area (Å²) in [5.41, 5.74) is 0. The molecule has 0 radical (unpaired) electrons. The van der Waals surface area contributed by atoms with Crippen molar-refractivity contribution in [3.05, 3.63) is 30.3 Å². The van der Waals surface area contributed by atoms with E-state index in [1.807, 2.05) is 37.3 Å². The standard InChI is InChI=1S/C15H22N2O4.ClH/c1-2-6-13(15(19)20)17-11-14(18)16-9-10-21-12-7-4-3-5-8-12;/h3-5,7-8,13,17H,2,6,9-11H2,1H3,(H,16,18)(H,19,20);1H. The molecular formula is C15H23ClN2O4. The zero-order valence-corrected chi connectivity index (χ0v) is 13.4. The molecular weight excluding hydrogens is 308 g/mol. The van der Waals surface area contributed by atoms with E-state index in [1.54, 1.807) is 0 Å². The van der Waals surface area contributed by atoms with Crippen molar-refractivity contribution in [2.75, 3.05) is 19.7 Å². The van der Waals surface area contributed by atoms with Crippen LogP contribution in [0.25, 0.3) is 0 Å². The lowest BCUT2D eigenvalue weighted by molar-refractivity contribution is -0.139. The zero-order valence-electron chi connectivity index (χ0n) is 12.6. The molecule has 1 aromatic rings. The number of aliphatic carboxylic acids is 1. The number of benzene rings is 1. The van der Waals surface area contributed by atoms with Gasteiger partial charge in [0.15, 0.2) is 0 Å². The fraction of sp³-hybridized carbons (Fsp3) is 0.467. The number of hydrogen-bond donors (Lipinski definition) is 3. The maximum absolute atomic E-state index is 11.6. The van der Waals surface area contributed by atoms with Gasteiger partial charge in [-0.1, -0.05) is 31.5 Å². The number of amides is 1. The van der Waals surface area contributed by atoms with Gasteiger partial charge in [0.25, 0.3) is 0 Å². The number of para-hydroxylation sites is 1. The van der Waals surface area contributed by atoms with Crippen molar-refractivity contribution in [1.82, 2.24) is 10.6 Å². The Hall–Kier alpha value is -1.79. The Morgan fingerprint density at radius 2 is 1.95 bits per heavy atom. The summed E-state index contributed by atoms with van der Waals surface area (Å²) in [6.45, 7) is 2.63. The predicted octanol–water partition coefficient (Wildman–Crippen LogP) is 1.45. The molecule has 0 aliphatic rings. The highest BCUT2D eigenvalue weighted by atomic mass is 35.5. The van der Waals surface area contributed by atoms with E-state index >= 15 is 0 Å². The third kappa shape index (κ3) is 8.49. The molecule has 0 saturated carbocycles. The van der Waals surface area contributed by atoms with E-state index in [-0.39, 0.29) is 24.9 Å². The SMILES string of the molecule is CCCC(NCC(=O)NCCOc1ccccc1)C(=O)O.Cl.